The maximum Gasteiger partial charge on any atom is 0.508 e. The number of hydrogen-bond donors (Lipinski definition) is 0. The van der Waals surface area contributed by atoms with E-state index in [1.54, 1.807) is 0 Å². The number of hydrogen-bond acceptors (Lipinski definition) is 3. The quantitative estimate of drug-likeness (QED) is 0.154. The van der Waals surface area contributed by atoms with Crippen molar-refractivity contribution >= 4 is 6.16 Å². The molecular formula is C26H50O3. The Labute approximate surface area is 182 Å². The second-order valence-electron chi connectivity index (χ2n) is 10.8. The monoisotopic (exact) mass is 410 g/mol. The number of carbonyl (C=O) groups excluding carboxylic acids is 1. The second-order valence-corrected chi connectivity index (χ2v) is 10.8. The van der Waals surface area contributed by atoms with Gasteiger partial charge >= 0.3 is 6.16 Å². The van der Waals surface area contributed by atoms with Crippen LogP contribution in [0.1, 0.15) is 120 Å². The highest BCUT2D eigenvalue weighted by atomic mass is 16.7. The Bertz CT molecular complexity index is 474. The summed E-state index contributed by atoms with van der Waals surface area (Å²) in [7, 11) is 0. The molecule has 172 valence electrons. The first-order chi connectivity index (χ1) is 13.4. The molecule has 1 unspecified atom stereocenters. The smallest absolute Gasteiger partial charge is 0.434 e. The van der Waals surface area contributed by atoms with Crippen molar-refractivity contribution in [2.24, 2.45) is 16.7 Å². The topological polar surface area (TPSA) is 35.5 Å². The fourth-order valence-corrected chi connectivity index (χ4v) is 3.78. The molecular weight excluding hydrogens is 360 g/mol. The van der Waals surface area contributed by atoms with Crippen LogP contribution in [0.3, 0.4) is 0 Å². The lowest BCUT2D eigenvalue weighted by Gasteiger charge is -2.33. The summed E-state index contributed by atoms with van der Waals surface area (Å²) in [4.78, 5) is 12.3. The van der Waals surface area contributed by atoms with E-state index in [1.807, 2.05) is 13.8 Å². The molecule has 3 nitrogen and oxygen atoms in total. The third-order valence-corrected chi connectivity index (χ3v) is 5.74. The van der Waals surface area contributed by atoms with Gasteiger partial charge in [0.05, 0.1) is 6.61 Å². The Morgan fingerprint density at radius 3 is 2.00 bits per heavy atom. The van der Waals surface area contributed by atoms with Crippen LogP contribution < -0.4 is 0 Å². The molecule has 0 saturated heterocycles. The molecule has 0 rings (SSSR count). The first-order valence-electron chi connectivity index (χ1n) is 11.9. The van der Waals surface area contributed by atoms with Crippen molar-refractivity contribution in [3.8, 4) is 0 Å². The summed E-state index contributed by atoms with van der Waals surface area (Å²) < 4.78 is 11.2. The van der Waals surface area contributed by atoms with Crippen LogP contribution in [-0.2, 0) is 9.47 Å². The fraction of sp³-hybridized carbons (Fsp3) is 0.885. The lowest BCUT2D eigenvalue weighted by Crippen LogP contribution is -2.34. The number of allylic oxidation sites excluding steroid dienone is 2. The van der Waals surface area contributed by atoms with Gasteiger partial charge in [-0.1, -0.05) is 92.7 Å². The van der Waals surface area contributed by atoms with Crippen molar-refractivity contribution in [2.75, 3.05) is 6.61 Å². The maximum atomic E-state index is 12.3. The van der Waals surface area contributed by atoms with Gasteiger partial charge in [-0.2, -0.15) is 0 Å². The molecule has 0 fully saturated rings. The van der Waals surface area contributed by atoms with E-state index >= 15 is 0 Å². The molecule has 3 heteroatoms. The highest BCUT2D eigenvalue weighted by molar-refractivity contribution is 5.60. The van der Waals surface area contributed by atoms with Crippen LogP contribution in [-0.4, -0.2) is 18.4 Å². The molecule has 0 N–H and O–H groups in total. The molecule has 0 aromatic rings. The zero-order valence-electron chi connectivity index (χ0n) is 21.0. The van der Waals surface area contributed by atoms with E-state index in [4.69, 9.17) is 9.47 Å². The average molecular weight is 411 g/mol. The van der Waals surface area contributed by atoms with Crippen molar-refractivity contribution in [2.45, 2.75) is 126 Å². The molecule has 0 spiro atoms. The third kappa shape index (κ3) is 14.6. The van der Waals surface area contributed by atoms with Crippen molar-refractivity contribution < 1.29 is 14.3 Å². The van der Waals surface area contributed by atoms with Crippen LogP contribution in [0.4, 0.5) is 4.79 Å². The predicted molar refractivity (Wildman–Crippen MR) is 125 cm³/mol. The van der Waals surface area contributed by atoms with Gasteiger partial charge in [-0.15, -0.1) is 0 Å². The number of ether oxygens (including phenoxy) is 2. The van der Waals surface area contributed by atoms with E-state index in [0.717, 1.165) is 32.1 Å². The van der Waals surface area contributed by atoms with Gasteiger partial charge in [0, 0.05) is 0 Å². The Hall–Kier alpha value is -0.990. The van der Waals surface area contributed by atoms with Gasteiger partial charge in [0.1, 0.15) is 5.60 Å². The Balaban J connectivity index is 4.59. The minimum absolute atomic E-state index is 0.0553. The molecule has 1 atom stereocenters. The van der Waals surface area contributed by atoms with Crippen molar-refractivity contribution in [1.29, 1.82) is 0 Å². The third-order valence-electron chi connectivity index (χ3n) is 5.74. The molecule has 0 bridgehead atoms. The molecule has 0 aromatic heterocycles. The highest BCUT2D eigenvalue weighted by Gasteiger charge is 2.31. The molecule has 0 radical (unpaired) electrons. The molecule has 0 aromatic carbocycles. The van der Waals surface area contributed by atoms with Crippen LogP contribution >= 0.6 is 0 Å². The molecule has 0 aliphatic rings. The molecule has 0 saturated carbocycles. The van der Waals surface area contributed by atoms with E-state index in [0.29, 0.717) is 12.5 Å². The first kappa shape index (κ1) is 28.0. The summed E-state index contributed by atoms with van der Waals surface area (Å²) in [5.74, 6) is 0.447. The Kier molecular flexibility index (Phi) is 12.9. The minimum atomic E-state index is -0.567. The van der Waals surface area contributed by atoms with Crippen LogP contribution in [0, 0.1) is 16.7 Å². The zero-order valence-corrected chi connectivity index (χ0v) is 21.0. The number of carbonyl (C=O) groups is 1. The fourth-order valence-electron chi connectivity index (χ4n) is 3.78. The first-order valence-corrected chi connectivity index (χ1v) is 11.9. The van der Waals surface area contributed by atoms with E-state index in [9.17, 15) is 4.79 Å². The van der Waals surface area contributed by atoms with Gasteiger partial charge in [0.15, 0.2) is 0 Å². The van der Waals surface area contributed by atoms with Crippen molar-refractivity contribution in [1.82, 2.24) is 0 Å². The summed E-state index contributed by atoms with van der Waals surface area (Å²) >= 11 is 0. The van der Waals surface area contributed by atoms with Gasteiger partial charge in [0.2, 0.25) is 0 Å². The summed E-state index contributed by atoms with van der Waals surface area (Å²) in [5, 5.41) is 0. The summed E-state index contributed by atoms with van der Waals surface area (Å²) in [6.07, 6.45) is 14.3. The molecule has 0 amide bonds. The standard InChI is InChI=1S/C26H50O3/c1-10-13-14-15-17-22(16-11-2)20-28-23(27)29-26(8,9)21-25(6,7)19-18-24(4,5)12-3/h18-19,22H,10-17,20-21H2,1-9H3/b19-18+. The minimum Gasteiger partial charge on any atom is -0.434 e. The Morgan fingerprint density at radius 2 is 1.45 bits per heavy atom. The SMILES string of the molecule is CCCCCCC(CCC)COC(=O)OC(C)(C)CC(C)(C)/C=C/C(C)(C)CC. The number of unbranched alkanes of at least 4 members (excludes halogenated alkanes) is 3. The molecule has 29 heavy (non-hydrogen) atoms. The van der Waals surface area contributed by atoms with Crippen LogP contribution in [0.15, 0.2) is 12.2 Å². The van der Waals surface area contributed by atoms with Gasteiger partial charge < -0.3 is 9.47 Å². The average Bonchev–Trinajstić information content (AvgIpc) is 2.60. The zero-order chi connectivity index (χ0) is 22.6. The number of rotatable bonds is 15. The van der Waals surface area contributed by atoms with Crippen LogP contribution in [0.25, 0.3) is 0 Å². The predicted octanol–water partition coefficient (Wildman–Crippen LogP) is 8.71. The normalized spacial score (nSPS) is 14.2. The van der Waals surface area contributed by atoms with Crippen LogP contribution in [0.2, 0.25) is 0 Å². The molecule has 0 aliphatic heterocycles. The molecule has 0 heterocycles. The second kappa shape index (κ2) is 13.3. The maximum absolute atomic E-state index is 12.3. The van der Waals surface area contributed by atoms with E-state index in [2.05, 4.69) is 60.6 Å². The summed E-state index contributed by atoms with van der Waals surface area (Å²) in [6.45, 7) is 19.9. The van der Waals surface area contributed by atoms with Crippen molar-refractivity contribution in [3.63, 3.8) is 0 Å². The van der Waals surface area contributed by atoms with Gasteiger partial charge in [-0.25, -0.2) is 4.79 Å². The van der Waals surface area contributed by atoms with Gasteiger partial charge in [-0.3, -0.25) is 0 Å². The summed E-state index contributed by atoms with van der Waals surface area (Å²) in [6, 6.07) is 0. The summed E-state index contributed by atoms with van der Waals surface area (Å²) in [5.41, 5.74) is -0.435. The Morgan fingerprint density at radius 1 is 0.828 bits per heavy atom. The van der Waals surface area contributed by atoms with Gasteiger partial charge in [-0.05, 0) is 56.3 Å². The van der Waals surface area contributed by atoms with E-state index < -0.39 is 11.8 Å². The van der Waals surface area contributed by atoms with Gasteiger partial charge in [0.25, 0.3) is 0 Å². The van der Waals surface area contributed by atoms with Crippen molar-refractivity contribution in [3.05, 3.63) is 12.2 Å². The highest BCUT2D eigenvalue weighted by Crippen LogP contribution is 2.34. The van der Waals surface area contributed by atoms with E-state index in [1.165, 1.54) is 25.7 Å². The largest absolute Gasteiger partial charge is 0.508 e. The van der Waals surface area contributed by atoms with Crippen LogP contribution in [0.5, 0.6) is 0 Å². The molecule has 0 aliphatic carbocycles. The lowest BCUT2D eigenvalue weighted by molar-refractivity contribution is -0.0367. The lowest BCUT2D eigenvalue weighted by atomic mass is 9.79. The van der Waals surface area contributed by atoms with E-state index in [-0.39, 0.29) is 10.8 Å².